The maximum absolute atomic E-state index is 11.6. The summed E-state index contributed by atoms with van der Waals surface area (Å²) in [5.41, 5.74) is 4.04. The Hall–Kier alpha value is -2.08. The molecule has 0 radical (unpaired) electrons. The van der Waals surface area contributed by atoms with E-state index in [0.29, 0.717) is 0 Å². The molecule has 0 unspecified atom stereocenters. The van der Waals surface area contributed by atoms with Crippen molar-refractivity contribution >= 4 is 28.4 Å². The van der Waals surface area contributed by atoms with Gasteiger partial charge in [-0.05, 0) is 12.1 Å². The van der Waals surface area contributed by atoms with Crippen LogP contribution in [0.4, 0.5) is 0 Å². The smallest absolute Gasteiger partial charge is 0.329 e. The minimum absolute atomic E-state index is 0.162. The van der Waals surface area contributed by atoms with Crippen LogP contribution in [-0.2, 0) is 11.3 Å². The molecule has 0 saturated carbocycles. The fraction of sp³-hybridized carbons (Fsp3) is 0.100. The summed E-state index contributed by atoms with van der Waals surface area (Å²) in [7, 11) is 0. The van der Waals surface area contributed by atoms with Gasteiger partial charge in [-0.25, -0.2) is 4.79 Å². The van der Waals surface area contributed by atoms with Gasteiger partial charge in [0.05, 0.1) is 15.9 Å². The van der Waals surface area contributed by atoms with E-state index < -0.39 is 17.2 Å². The molecule has 2 aromatic rings. The number of halogens is 1. The molecule has 1 heterocycles. The number of H-pyrrole nitrogens is 1. The van der Waals surface area contributed by atoms with Crippen LogP contribution < -0.4 is 17.0 Å². The average molecular weight is 254 g/mol. The van der Waals surface area contributed by atoms with E-state index in [1.807, 2.05) is 0 Å². The highest BCUT2D eigenvalue weighted by Gasteiger charge is 2.11. The molecule has 17 heavy (non-hydrogen) atoms. The van der Waals surface area contributed by atoms with Crippen LogP contribution in [0.1, 0.15) is 0 Å². The van der Waals surface area contributed by atoms with Crippen molar-refractivity contribution in [3.8, 4) is 0 Å². The monoisotopic (exact) mass is 253 g/mol. The van der Waals surface area contributed by atoms with E-state index in [2.05, 4.69) is 4.98 Å². The van der Waals surface area contributed by atoms with Gasteiger partial charge >= 0.3 is 5.69 Å². The van der Waals surface area contributed by atoms with Crippen LogP contribution in [-0.4, -0.2) is 15.5 Å². The number of hydrogen-bond donors (Lipinski definition) is 2. The highest BCUT2D eigenvalue weighted by molar-refractivity contribution is 6.35. The summed E-state index contributed by atoms with van der Waals surface area (Å²) in [6, 6.07) is 4.64. The Balaban J connectivity index is 2.93. The zero-order valence-corrected chi connectivity index (χ0v) is 9.32. The van der Waals surface area contributed by atoms with Gasteiger partial charge in [-0.1, -0.05) is 17.7 Å². The largest absolute Gasteiger partial charge is 0.368 e. The third-order valence-electron chi connectivity index (χ3n) is 2.29. The number of nitrogens with two attached hydrogens (primary N) is 1. The van der Waals surface area contributed by atoms with E-state index >= 15 is 0 Å². The molecule has 0 aliphatic rings. The number of aromatic amines is 1. The van der Waals surface area contributed by atoms with E-state index in [9.17, 15) is 14.4 Å². The number of amides is 1. The first-order valence-corrected chi connectivity index (χ1v) is 5.08. The summed E-state index contributed by atoms with van der Waals surface area (Å²) >= 11 is 5.87. The molecule has 0 aliphatic carbocycles. The molecule has 0 bridgehead atoms. The lowest BCUT2D eigenvalue weighted by molar-refractivity contribution is -0.118. The molecule has 88 valence electrons. The standard InChI is InChI=1S/C10H8ClN3O3/c11-5-2-1-3-6-8(5)9(16)13-10(17)14(6)4-7(12)15/h1-3H,4H2,(H2,12,15)(H,13,16,17). The quantitative estimate of drug-likeness (QED) is 0.777. The van der Waals surface area contributed by atoms with E-state index in [4.69, 9.17) is 17.3 Å². The van der Waals surface area contributed by atoms with Gasteiger partial charge in [-0.3, -0.25) is 19.1 Å². The second-order valence-electron chi connectivity index (χ2n) is 3.45. The van der Waals surface area contributed by atoms with Gasteiger partial charge in [0.2, 0.25) is 5.91 Å². The zero-order chi connectivity index (χ0) is 12.6. The molecule has 1 aromatic carbocycles. The molecule has 3 N–H and O–H groups in total. The van der Waals surface area contributed by atoms with Crippen LogP contribution >= 0.6 is 11.6 Å². The van der Waals surface area contributed by atoms with Crippen LogP contribution in [0.5, 0.6) is 0 Å². The average Bonchev–Trinajstić information content (AvgIpc) is 2.23. The normalized spacial score (nSPS) is 10.6. The van der Waals surface area contributed by atoms with Crippen molar-refractivity contribution in [2.75, 3.05) is 0 Å². The van der Waals surface area contributed by atoms with Crippen LogP contribution in [0, 0.1) is 0 Å². The number of carbonyl (C=O) groups is 1. The van der Waals surface area contributed by atoms with Crippen molar-refractivity contribution in [1.29, 1.82) is 0 Å². The molecule has 0 atom stereocenters. The first-order chi connectivity index (χ1) is 8.00. The molecule has 6 nitrogen and oxygen atoms in total. The van der Waals surface area contributed by atoms with Crippen molar-refractivity contribution in [2.24, 2.45) is 5.73 Å². The predicted molar refractivity (Wildman–Crippen MR) is 63.0 cm³/mol. The van der Waals surface area contributed by atoms with Crippen LogP contribution in [0.25, 0.3) is 10.9 Å². The molecule has 0 spiro atoms. The van der Waals surface area contributed by atoms with E-state index in [0.717, 1.165) is 4.57 Å². The minimum atomic E-state index is -0.691. The lowest BCUT2D eigenvalue weighted by atomic mass is 10.2. The van der Waals surface area contributed by atoms with Gasteiger partial charge in [0.25, 0.3) is 5.56 Å². The molecular weight excluding hydrogens is 246 g/mol. The Kier molecular flexibility index (Phi) is 2.72. The topological polar surface area (TPSA) is 97.9 Å². The number of rotatable bonds is 2. The second-order valence-corrected chi connectivity index (χ2v) is 3.85. The third kappa shape index (κ3) is 1.94. The first-order valence-electron chi connectivity index (χ1n) is 4.70. The molecule has 1 amide bonds. The van der Waals surface area contributed by atoms with E-state index in [1.165, 1.54) is 12.1 Å². The molecule has 1 aromatic heterocycles. The van der Waals surface area contributed by atoms with Crippen LogP contribution in [0.3, 0.4) is 0 Å². The first kappa shape index (κ1) is 11.4. The number of nitrogens with one attached hydrogen (secondary N) is 1. The Morgan fingerprint density at radius 1 is 1.41 bits per heavy atom. The third-order valence-corrected chi connectivity index (χ3v) is 2.60. The van der Waals surface area contributed by atoms with Gasteiger partial charge in [-0.2, -0.15) is 0 Å². The number of nitrogens with zero attached hydrogens (tertiary/aromatic N) is 1. The number of primary amides is 1. The minimum Gasteiger partial charge on any atom is -0.368 e. The van der Waals surface area contributed by atoms with Gasteiger partial charge < -0.3 is 5.73 Å². The molecule has 2 rings (SSSR count). The molecule has 7 heteroatoms. The summed E-state index contributed by atoms with van der Waals surface area (Å²) in [5, 5.41) is 0.372. The fourth-order valence-electron chi connectivity index (χ4n) is 1.61. The Labute approximate surface area is 99.6 Å². The Bertz CT molecular complexity index is 717. The number of hydrogen-bond acceptors (Lipinski definition) is 3. The number of aromatic nitrogens is 2. The lowest BCUT2D eigenvalue weighted by Crippen LogP contribution is -2.34. The number of fused-ring (bicyclic) bond motifs is 1. The maximum atomic E-state index is 11.6. The molecular formula is C10H8ClN3O3. The molecule has 0 aliphatic heterocycles. The van der Waals surface area contributed by atoms with Crippen molar-refractivity contribution in [1.82, 2.24) is 9.55 Å². The number of carbonyl (C=O) groups excluding carboxylic acids is 1. The van der Waals surface area contributed by atoms with Gasteiger partial charge in [-0.15, -0.1) is 0 Å². The van der Waals surface area contributed by atoms with Crippen LogP contribution in [0.2, 0.25) is 5.02 Å². The van der Waals surface area contributed by atoms with Crippen LogP contribution in [0.15, 0.2) is 27.8 Å². The summed E-state index contributed by atoms with van der Waals surface area (Å²) in [6.45, 7) is -0.313. The van der Waals surface area contributed by atoms with Gasteiger partial charge in [0.1, 0.15) is 6.54 Å². The molecule has 0 saturated heterocycles. The summed E-state index contributed by atoms with van der Waals surface area (Å²) in [5.74, 6) is -0.680. The Morgan fingerprint density at radius 2 is 2.12 bits per heavy atom. The molecule has 0 fully saturated rings. The fourth-order valence-corrected chi connectivity index (χ4v) is 1.87. The summed E-state index contributed by atoms with van der Waals surface area (Å²) in [6.07, 6.45) is 0. The predicted octanol–water partition coefficient (Wildman–Crippen LogP) is -0.172. The summed E-state index contributed by atoms with van der Waals surface area (Å²) in [4.78, 5) is 36.1. The van der Waals surface area contributed by atoms with Crippen molar-refractivity contribution < 1.29 is 4.79 Å². The SMILES string of the molecule is NC(=O)Cn1c(=O)[nH]c(=O)c2c(Cl)cccc21. The van der Waals surface area contributed by atoms with E-state index in [-0.39, 0.29) is 22.5 Å². The Morgan fingerprint density at radius 3 is 2.76 bits per heavy atom. The lowest BCUT2D eigenvalue weighted by Gasteiger charge is -2.07. The van der Waals surface area contributed by atoms with Crippen molar-refractivity contribution in [3.05, 3.63) is 44.1 Å². The number of benzene rings is 1. The van der Waals surface area contributed by atoms with E-state index in [1.54, 1.807) is 6.07 Å². The maximum Gasteiger partial charge on any atom is 0.329 e. The van der Waals surface area contributed by atoms with Gasteiger partial charge in [0.15, 0.2) is 0 Å². The zero-order valence-electron chi connectivity index (χ0n) is 8.57. The highest BCUT2D eigenvalue weighted by atomic mass is 35.5. The van der Waals surface area contributed by atoms with Crippen molar-refractivity contribution in [2.45, 2.75) is 6.54 Å². The van der Waals surface area contributed by atoms with Crippen molar-refractivity contribution in [3.63, 3.8) is 0 Å². The van der Waals surface area contributed by atoms with Gasteiger partial charge in [0, 0.05) is 0 Å². The highest BCUT2D eigenvalue weighted by Crippen LogP contribution is 2.18. The second kappa shape index (κ2) is 4.06. The summed E-state index contributed by atoms with van der Waals surface area (Å²) < 4.78 is 1.07.